The fourth-order valence-corrected chi connectivity index (χ4v) is 2.22. The van der Waals surface area contributed by atoms with Crippen molar-refractivity contribution < 1.29 is 9.15 Å². The molecule has 1 N–H and O–H groups in total. The molecule has 1 aromatic carbocycles. The van der Waals surface area contributed by atoms with E-state index in [0.29, 0.717) is 11.6 Å². The normalized spacial score (nSPS) is 12.2. The van der Waals surface area contributed by atoms with Gasteiger partial charge in [-0.15, -0.1) is 0 Å². The molecule has 0 bridgehead atoms. The fourth-order valence-electron chi connectivity index (χ4n) is 1.98. The summed E-state index contributed by atoms with van der Waals surface area (Å²) in [6.07, 6.45) is 3.58. The average Bonchev–Trinajstić information content (AvgIpc) is 2.98. The summed E-state index contributed by atoms with van der Waals surface area (Å²) >= 11 is 6.23. The van der Waals surface area contributed by atoms with Crippen molar-refractivity contribution in [3.63, 3.8) is 0 Å². The molecular weight excluding hydrogens is 274 g/mol. The van der Waals surface area contributed by atoms with Crippen LogP contribution in [0.2, 0.25) is 5.02 Å². The Morgan fingerprint density at radius 1 is 1.30 bits per heavy atom. The van der Waals surface area contributed by atoms with Crippen molar-refractivity contribution in [1.29, 1.82) is 0 Å². The van der Waals surface area contributed by atoms with E-state index in [9.17, 15) is 0 Å². The van der Waals surface area contributed by atoms with Crippen LogP contribution in [0.4, 0.5) is 5.69 Å². The predicted octanol–water partition coefficient (Wildman–Crippen LogP) is 5.29. The van der Waals surface area contributed by atoms with Crippen molar-refractivity contribution in [3.8, 4) is 5.75 Å². The van der Waals surface area contributed by atoms with Crippen LogP contribution in [-0.4, -0.2) is 6.61 Å². The topological polar surface area (TPSA) is 34.4 Å². The van der Waals surface area contributed by atoms with Crippen LogP contribution in [-0.2, 0) is 0 Å². The van der Waals surface area contributed by atoms with Crippen LogP contribution < -0.4 is 10.1 Å². The predicted molar refractivity (Wildman–Crippen MR) is 82.6 cm³/mol. The highest BCUT2D eigenvalue weighted by Crippen LogP contribution is 2.30. The molecule has 0 amide bonds. The van der Waals surface area contributed by atoms with Gasteiger partial charge in [-0.1, -0.05) is 25.4 Å². The Labute approximate surface area is 124 Å². The van der Waals surface area contributed by atoms with E-state index in [4.69, 9.17) is 20.8 Å². The van der Waals surface area contributed by atoms with Gasteiger partial charge in [0.05, 0.1) is 23.9 Å². The molecule has 0 aliphatic heterocycles. The lowest BCUT2D eigenvalue weighted by molar-refractivity contribution is 0.317. The molecule has 20 heavy (non-hydrogen) atoms. The minimum atomic E-state index is 0.142. The van der Waals surface area contributed by atoms with Gasteiger partial charge in [-0.2, -0.15) is 0 Å². The molecule has 1 unspecified atom stereocenters. The van der Waals surface area contributed by atoms with Gasteiger partial charge in [0.1, 0.15) is 11.5 Å². The number of rotatable bonds is 7. The third-order valence-corrected chi connectivity index (χ3v) is 3.32. The third-order valence-electron chi connectivity index (χ3n) is 3.03. The number of hydrogen-bond acceptors (Lipinski definition) is 3. The number of nitrogens with one attached hydrogen (secondary N) is 1. The monoisotopic (exact) mass is 293 g/mol. The SMILES string of the molecule is CCCOc1ccc(NC(CC)c2ccco2)cc1Cl. The molecule has 0 saturated heterocycles. The Bertz CT molecular complexity index is 525. The lowest BCUT2D eigenvalue weighted by Gasteiger charge is -2.17. The van der Waals surface area contributed by atoms with Crippen LogP contribution in [0.1, 0.15) is 38.5 Å². The summed E-state index contributed by atoms with van der Waals surface area (Å²) in [6, 6.07) is 9.77. The van der Waals surface area contributed by atoms with Crippen molar-refractivity contribution >= 4 is 17.3 Å². The molecule has 1 heterocycles. The average molecular weight is 294 g/mol. The second kappa shape index (κ2) is 7.25. The maximum absolute atomic E-state index is 6.23. The minimum absolute atomic E-state index is 0.142. The summed E-state index contributed by atoms with van der Waals surface area (Å²) in [4.78, 5) is 0. The largest absolute Gasteiger partial charge is 0.492 e. The third kappa shape index (κ3) is 3.70. The molecule has 0 saturated carbocycles. The number of halogens is 1. The Balaban J connectivity index is 2.07. The van der Waals surface area contributed by atoms with Crippen LogP contribution in [0.15, 0.2) is 41.0 Å². The smallest absolute Gasteiger partial charge is 0.138 e. The molecule has 2 aromatic rings. The van der Waals surface area contributed by atoms with Gasteiger partial charge in [-0.3, -0.25) is 0 Å². The molecule has 0 aliphatic rings. The summed E-state index contributed by atoms with van der Waals surface area (Å²) in [5.41, 5.74) is 0.960. The Kier molecular flexibility index (Phi) is 5.36. The Hall–Kier alpha value is -1.61. The van der Waals surface area contributed by atoms with Gasteiger partial charge in [-0.25, -0.2) is 0 Å². The van der Waals surface area contributed by atoms with Crippen LogP contribution in [0.25, 0.3) is 0 Å². The Morgan fingerprint density at radius 2 is 2.15 bits per heavy atom. The van der Waals surface area contributed by atoms with E-state index in [1.807, 2.05) is 30.3 Å². The molecule has 1 aromatic heterocycles. The molecule has 0 fully saturated rings. The second-order valence-electron chi connectivity index (χ2n) is 4.61. The molecular formula is C16H20ClNO2. The first-order valence-electron chi connectivity index (χ1n) is 6.96. The zero-order valence-electron chi connectivity index (χ0n) is 11.9. The van der Waals surface area contributed by atoms with Crippen LogP contribution in [0, 0.1) is 0 Å². The van der Waals surface area contributed by atoms with Gasteiger partial charge in [0.25, 0.3) is 0 Å². The van der Waals surface area contributed by atoms with Crippen molar-refractivity contribution in [1.82, 2.24) is 0 Å². The quantitative estimate of drug-likeness (QED) is 0.753. The lowest BCUT2D eigenvalue weighted by Crippen LogP contribution is -2.08. The molecule has 0 radical (unpaired) electrons. The van der Waals surface area contributed by atoms with Gasteiger partial charge in [0.2, 0.25) is 0 Å². The van der Waals surface area contributed by atoms with Gasteiger partial charge in [-0.05, 0) is 43.2 Å². The van der Waals surface area contributed by atoms with Crippen molar-refractivity contribution in [2.45, 2.75) is 32.7 Å². The van der Waals surface area contributed by atoms with Crippen LogP contribution >= 0.6 is 11.6 Å². The van der Waals surface area contributed by atoms with Crippen LogP contribution in [0.5, 0.6) is 5.75 Å². The minimum Gasteiger partial charge on any atom is -0.492 e. The number of benzene rings is 1. The number of hydrogen-bond donors (Lipinski definition) is 1. The first-order valence-corrected chi connectivity index (χ1v) is 7.34. The fraction of sp³-hybridized carbons (Fsp3) is 0.375. The molecule has 3 nitrogen and oxygen atoms in total. The maximum Gasteiger partial charge on any atom is 0.138 e. The van der Waals surface area contributed by atoms with Gasteiger partial charge in [0.15, 0.2) is 0 Å². The van der Waals surface area contributed by atoms with Crippen molar-refractivity contribution in [2.75, 3.05) is 11.9 Å². The summed E-state index contributed by atoms with van der Waals surface area (Å²) in [5.74, 6) is 1.65. The molecule has 2 rings (SSSR count). The highest BCUT2D eigenvalue weighted by Gasteiger charge is 2.12. The molecule has 0 spiro atoms. The van der Waals surface area contributed by atoms with E-state index < -0.39 is 0 Å². The molecule has 0 aliphatic carbocycles. The van der Waals surface area contributed by atoms with E-state index in [2.05, 4.69) is 19.2 Å². The second-order valence-corrected chi connectivity index (χ2v) is 5.02. The molecule has 1 atom stereocenters. The molecule has 4 heteroatoms. The molecule has 108 valence electrons. The highest BCUT2D eigenvalue weighted by molar-refractivity contribution is 6.32. The number of anilines is 1. The summed E-state index contributed by atoms with van der Waals surface area (Å²) in [7, 11) is 0. The number of furan rings is 1. The maximum atomic E-state index is 6.23. The van der Waals surface area contributed by atoms with Gasteiger partial charge >= 0.3 is 0 Å². The van der Waals surface area contributed by atoms with E-state index in [1.165, 1.54) is 0 Å². The van der Waals surface area contributed by atoms with Gasteiger partial charge in [0, 0.05) is 5.69 Å². The number of ether oxygens (including phenoxy) is 1. The van der Waals surface area contributed by atoms with Crippen molar-refractivity contribution in [2.24, 2.45) is 0 Å². The Morgan fingerprint density at radius 3 is 2.75 bits per heavy atom. The lowest BCUT2D eigenvalue weighted by atomic mass is 10.1. The standard InChI is InChI=1S/C16H20ClNO2/c1-3-9-19-15-8-7-12(11-13(15)17)18-14(4-2)16-6-5-10-20-16/h5-8,10-11,14,18H,3-4,9H2,1-2H3. The van der Waals surface area contributed by atoms with Crippen molar-refractivity contribution in [3.05, 3.63) is 47.4 Å². The first kappa shape index (κ1) is 14.8. The first-order chi connectivity index (χ1) is 9.74. The summed E-state index contributed by atoms with van der Waals surface area (Å²) in [5, 5.41) is 4.04. The highest BCUT2D eigenvalue weighted by atomic mass is 35.5. The van der Waals surface area contributed by atoms with E-state index in [0.717, 1.165) is 30.0 Å². The summed E-state index contributed by atoms with van der Waals surface area (Å²) in [6.45, 7) is 4.86. The van der Waals surface area contributed by atoms with E-state index in [-0.39, 0.29) is 6.04 Å². The zero-order chi connectivity index (χ0) is 14.4. The zero-order valence-corrected chi connectivity index (χ0v) is 12.6. The van der Waals surface area contributed by atoms with E-state index >= 15 is 0 Å². The summed E-state index contributed by atoms with van der Waals surface area (Å²) < 4.78 is 11.0. The van der Waals surface area contributed by atoms with E-state index in [1.54, 1.807) is 6.26 Å². The van der Waals surface area contributed by atoms with Gasteiger partial charge < -0.3 is 14.5 Å². The van der Waals surface area contributed by atoms with Crippen LogP contribution in [0.3, 0.4) is 0 Å².